The lowest BCUT2D eigenvalue weighted by Gasteiger charge is -2.06. The summed E-state index contributed by atoms with van der Waals surface area (Å²) in [6.45, 7) is 0. The minimum atomic E-state index is 0.0225. The standard InChI is InChI=1S/C17H14BrN5O/c18-12-3-1-2-11(6-12)14-7-15(14)17(24)22-13-4-5-16(20-8-13)23-10-19-9-21-23/h1-6,8-10,14-15H,7H2,(H,22,24). The molecule has 0 saturated heterocycles. The molecule has 1 aliphatic rings. The second-order valence-electron chi connectivity index (χ2n) is 5.74. The number of halogens is 1. The van der Waals surface area contributed by atoms with Crippen molar-refractivity contribution in [2.75, 3.05) is 5.32 Å². The van der Waals surface area contributed by atoms with Crippen molar-refractivity contribution in [3.8, 4) is 5.82 Å². The number of rotatable bonds is 4. The van der Waals surface area contributed by atoms with Crippen molar-refractivity contribution in [1.82, 2.24) is 19.7 Å². The van der Waals surface area contributed by atoms with Crippen molar-refractivity contribution in [3.63, 3.8) is 0 Å². The van der Waals surface area contributed by atoms with Crippen molar-refractivity contribution in [1.29, 1.82) is 0 Å². The van der Waals surface area contributed by atoms with Crippen LogP contribution in [-0.2, 0) is 4.79 Å². The monoisotopic (exact) mass is 383 g/mol. The van der Waals surface area contributed by atoms with E-state index in [-0.39, 0.29) is 11.8 Å². The van der Waals surface area contributed by atoms with Crippen LogP contribution in [0, 0.1) is 5.92 Å². The van der Waals surface area contributed by atoms with Crippen LogP contribution in [0.5, 0.6) is 0 Å². The van der Waals surface area contributed by atoms with Crippen LogP contribution in [-0.4, -0.2) is 25.7 Å². The van der Waals surface area contributed by atoms with Gasteiger partial charge in [-0.1, -0.05) is 28.1 Å². The third kappa shape index (κ3) is 3.07. The maximum Gasteiger partial charge on any atom is 0.228 e. The maximum atomic E-state index is 12.4. The molecule has 1 saturated carbocycles. The lowest BCUT2D eigenvalue weighted by molar-refractivity contribution is -0.117. The SMILES string of the molecule is O=C(Nc1ccc(-n2cncn2)nc1)C1CC1c1cccc(Br)c1. The average Bonchev–Trinajstić information content (AvgIpc) is 3.22. The Hall–Kier alpha value is -2.54. The van der Waals surface area contributed by atoms with Crippen molar-refractivity contribution >= 4 is 27.5 Å². The number of carbonyl (C=O) groups is 1. The number of pyridine rings is 1. The second-order valence-corrected chi connectivity index (χ2v) is 6.65. The molecule has 1 aliphatic carbocycles. The average molecular weight is 384 g/mol. The highest BCUT2D eigenvalue weighted by Crippen LogP contribution is 2.48. The van der Waals surface area contributed by atoms with Crippen LogP contribution in [0.4, 0.5) is 5.69 Å². The molecule has 0 bridgehead atoms. The molecule has 24 heavy (non-hydrogen) atoms. The van der Waals surface area contributed by atoms with Gasteiger partial charge in [0.25, 0.3) is 0 Å². The molecule has 1 aromatic carbocycles. The molecule has 4 rings (SSSR count). The van der Waals surface area contributed by atoms with Gasteiger partial charge in [0.15, 0.2) is 5.82 Å². The topological polar surface area (TPSA) is 72.7 Å². The van der Waals surface area contributed by atoms with E-state index in [1.165, 1.54) is 11.9 Å². The largest absolute Gasteiger partial charge is 0.324 e. The molecule has 1 fully saturated rings. The van der Waals surface area contributed by atoms with Gasteiger partial charge in [-0.3, -0.25) is 4.79 Å². The van der Waals surface area contributed by atoms with E-state index in [1.807, 2.05) is 18.2 Å². The summed E-state index contributed by atoms with van der Waals surface area (Å²) in [5.41, 5.74) is 1.88. The van der Waals surface area contributed by atoms with Crippen LogP contribution in [0.3, 0.4) is 0 Å². The Morgan fingerprint density at radius 1 is 1.29 bits per heavy atom. The Balaban J connectivity index is 1.40. The molecule has 2 unspecified atom stereocenters. The van der Waals surface area contributed by atoms with E-state index < -0.39 is 0 Å². The van der Waals surface area contributed by atoms with E-state index >= 15 is 0 Å². The van der Waals surface area contributed by atoms with Gasteiger partial charge in [0.05, 0.1) is 11.9 Å². The van der Waals surface area contributed by atoms with Crippen LogP contribution in [0.2, 0.25) is 0 Å². The number of benzene rings is 1. The number of carbonyl (C=O) groups excluding carboxylic acids is 1. The molecule has 6 nitrogen and oxygen atoms in total. The normalized spacial score (nSPS) is 19.0. The number of hydrogen-bond acceptors (Lipinski definition) is 4. The lowest BCUT2D eigenvalue weighted by atomic mass is 10.1. The third-order valence-electron chi connectivity index (χ3n) is 4.07. The fourth-order valence-electron chi connectivity index (χ4n) is 2.75. The molecule has 3 aromatic rings. The van der Waals surface area contributed by atoms with Gasteiger partial charge >= 0.3 is 0 Å². The zero-order valence-electron chi connectivity index (χ0n) is 12.6. The summed E-state index contributed by atoms with van der Waals surface area (Å²) < 4.78 is 2.61. The quantitative estimate of drug-likeness (QED) is 0.750. The minimum Gasteiger partial charge on any atom is -0.324 e. The summed E-state index contributed by atoms with van der Waals surface area (Å²) in [4.78, 5) is 20.5. The van der Waals surface area contributed by atoms with Gasteiger partial charge in [0, 0.05) is 10.4 Å². The number of aromatic nitrogens is 4. The van der Waals surface area contributed by atoms with Crippen LogP contribution in [0.25, 0.3) is 5.82 Å². The summed E-state index contributed by atoms with van der Waals surface area (Å²) in [6.07, 6.45) is 5.54. The fraction of sp³-hybridized carbons (Fsp3) is 0.176. The van der Waals surface area contributed by atoms with Crippen molar-refractivity contribution in [3.05, 3.63) is 65.3 Å². The maximum absolute atomic E-state index is 12.4. The summed E-state index contributed by atoms with van der Waals surface area (Å²) in [7, 11) is 0. The third-order valence-corrected chi connectivity index (χ3v) is 4.57. The van der Waals surface area contributed by atoms with Gasteiger partial charge in [-0.2, -0.15) is 5.10 Å². The minimum absolute atomic E-state index is 0.0225. The molecular weight excluding hydrogens is 370 g/mol. The highest BCUT2D eigenvalue weighted by atomic mass is 79.9. The molecule has 0 aliphatic heterocycles. The van der Waals surface area contributed by atoms with Crippen LogP contribution in [0.1, 0.15) is 17.9 Å². The predicted molar refractivity (Wildman–Crippen MR) is 92.8 cm³/mol. The summed E-state index contributed by atoms with van der Waals surface area (Å²) >= 11 is 3.47. The first-order valence-electron chi connectivity index (χ1n) is 7.58. The van der Waals surface area contributed by atoms with E-state index in [9.17, 15) is 4.79 Å². The summed E-state index contributed by atoms with van der Waals surface area (Å²) in [5, 5.41) is 6.95. The van der Waals surface area contributed by atoms with E-state index in [1.54, 1.807) is 23.3 Å². The number of amides is 1. The Morgan fingerprint density at radius 3 is 2.92 bits per heavy atom. The molecule has 0 spiro atoms. The zero-order chi connectivity index (χ0) is 16.5. The van der Waals surface area contributed by atoms with Crippen molar-refractivity contribution < 1.29 is 4.79 Å². The molecule has 7 heteroatoms. The van der Waals surface area contributed by atoms with Gasteiger partial charge < -0.3 is 5.32 Å². The zero-order valence-corrected chi connectivity index (χ0v) is 14.2. The lowest BCUT2D eigenvalue weighted by Crippen LogP contribution is -2.15. The Labute approximate surface area is 147 Å². The van der Waals surface area contributed by atoms with Gasteiger partial charge in [0.1, 0.15) is 12.7 Å². The Bertz CT molecular complexity index is 863. The first-order chi connectivity index (χ1) is 11.7. The molecule has 2 heterocycles. The molecule has 0 radical (unpaired) electrons. The van der Waals surface area contributed by atoms with Gasteiger partial charge in [-0.05, 0) is 42.2 Å². The summed E-state index contributed by atoms with van der Waals surface area (Å²) in [5.74, 6) is 1.01. The van der Waals surface area contributed by atoms with Crippen LogP contribution >= 0.6 is 15.9 Å². The second kappa shape index (κ2) is 6.16. The molecule has 1 N–H and O–H groups in total. The smallest absolute Gasteiger partial charge is 0.228 e. The number of nitrogens with zero attached hydrogens (tertiary/aromatic N) is 4. The molecule has 120 valence electrons. The van der Waals surface area contributed by atoms with Gasteiger partial charge in [-0.25, -0.2) is 14.6 Å². The molecule has 2 atom stereocenters. The number of nitrogens with one attached hydrogen (secondary N) is 1. The first kappa shape index (κ1) is 15.0. The number of anilines is 1. The first-order valence-corrected chi connectivity index (χ1v) is 8.37. The molecular formula is C17H14BrN5O. The van der Waals surface area contributed by atoms with Crippen molar-refractivity contribution in [2.45, 2.75) is 12.3 Å². The van der Waals surface area contributed by atoms with Crippen molar-refractivity contribution in [2.24, 2.45) is 5.92 Å². The van der Waals surface area contributed by atoms with E-state index in [4.69, 9.17) is 0 Å². The Kier molecular flexibility index (Phi) is 3.86. The Morgan fingerprint density at radius 2 is 2.21 bits per heavy atom. The van der Waals surface area contributed by atoms with Crippen LogP contribution < -0.4 is 5.32 Å². The number of hydrogen-bond donors (Lipinski definition) is 1. The summed E-state index contributed by atoms with van der Waals surface area (Å²) in [6, 6.07) is 11.7. The van der Waals surface area contributed by atoms with E-state index in [2.05, 4.69) is 48.4 Å². The molecule has 2 aromatic heterocycles. The highest BCUT2D eigenvalue weighted by Gasteiger charge is 2.43. The predicted octanol–water partition coefficient (Wildman–Crippen LogP) is 3.17. The van der Waals surface area contributed by atoms with Gasteiger partial charge in [0.2, 0.25) is 5.91 Å². The van der Waals surface area contributed by atoms with Crippen LogP contribution in [0.15, 0.2) is 59.7 Å². The van der Waals surface area contributed by atoms with E-state index in [0.717, 1.165) is 10.9 Å². The van der Waals surface area contributed by atoms with E-state index in [0.29, 0.717) is 17.4 Å². The van der Waals surface area contributed by atoms with Gasteiger partial charge in [-0.15, -0.1) is 0 Å². The highest BCUT2D eigenvalue weighted by molar-refractivity contribution is 9.10. The molecule has 1 amide bonds. The fourth-order valence-corrected chi connectivity index (χ4v) is 3.16.